The number of methoxy groups -OCH3 is 4. The number of ether oxygens (including phenoxy) is 4. The van der Waals surface area contributed by atoms with Gasteiger partial charge >= 0.3 is 0 Å². The molecule has 8 heteroatoms. The zero-order valence-corrected chi connectivity index (χ0v) is 18.3. The van der Waals surface area contributed by atoms with Crippen LogP contribution in [0, 0.1) is 0 Å². The molecule has 0 aliphatic rings. The van der Waals surface area contributed by atoms with Crippen molar-refractivity contribution in [3.05, 3.63) is 53.7 Å². The van der Waals surface area contributed by atoms with Crippen LogP contribution in [0.5, 0.6) is 23.0 Å². The van der Waals surface area contributed by atoms with Gasteiger partial charge in [-0.1, -0.05) is 11.2 Å². The highest BCUT2D eigenvalue weighted by Crippen LogP contribution is 2.41. The monoisotopic (exact) mass is 426 g/mol. The van der Waals surface area contributed by atoms with Gasteiger partial charge in [0.2, 0.25) is 5.75 Å². The summed E-state index contributed by atoms with van der Waals surface area (Å²) in [5, 5.41) is 4.14. The first-order chi connectivity index (χ1) is 15.0. The van der Waals surface area contributed by atoms with Gasteiger partial charge in [-0.15, -0.1) is 0 Å². The summed E-state index contributed by atoms with van der Waals surface area (Å²) < 4.78 is 26.9. The summed E-state index contributed by atoms with van der Waals surface area (Å²) >= 11 is 0. The lowest BCUT2D eigenvalue weighted by atomic mass is 10.1. The van der Waals surface area contributed by atoms with E-state index >= 15 is 0 Å². The molecule has 3 aromatic rings. The lowest BCUT2D eigenvalue weighted by Gasteiger charge is -2.19. The average molecular weight is 426 g/mol. The van der Waals surface area contributed by atoms with Crippen LogP contribution in [0.1, 0.15) is 23.0 Å². The molecule has 164 valence electrons. The predicted molar refractivity (Wildman–Crippen MR) is 115 cm³/mol. The Balaban J connectivity index is 1.84. The van der Waals surface area contributed by atoms with E-state index in [1.807, 2.05) is 6.92 Å². The van der Waals surface area contributed by atoms with Crippen molar-refractivity contribution in [2.75, 3.05) is 35.0 Å². The maximum atomic E-state index is 12.9. The van der Waals surface area contributed by atoms with Crippen LogP contribution in [-0.2, 0) is 6.54 Å². The number of hydrogen-bond donors (Lipinski definition) is 0. The quantitative estimate of drug-likeness (QED) is 0.511. The molecule has 0 aliphatic heterocycles. The molecule has 0 saturated heterocycles. The summed E-state index contributed by atoms with van der Waals surface area (Å²) in [5.41, 5.74) is 1.90. The molecule has 0 N–H and O–H groups in total. The van der Waals surface area contributed by atoms with Crippen molar-refractivity contribution in [2.45, 2.75) is 13.5 Å². The molecular formula is C23H26N2O6. The first-order valence-electron chi connectivity index (χ1n) is 9.73. The smallest absolute Gasteiger partial charge is 0.254 e. The Labute approximate surface area is 181 Å². The molecule has 8 nitrogen and oxygen atoms in total. The molecule has 1 heterocycles. The third-order valence-corrected chi connectivity index (χ3v) is 4.85. The number of carbonyl (C=O) groups excluding carboxylic acids is 1. The van der Waals surface area contributed by atoms with Crippen LogP contribution in [-0.4, -0.2) is 50.9 Å². The summed E-state index contributed by atoms with van der Waals surface area (Å²) in [6.07, 6.45) is 0. The highest BCUT2D eigenvalue weighted by atomic mass is 16.5. The van der Waals surface area contributed by atoms with E-state index < -0.39 is 0 Å². The molecule has 0 unspecified atom stereocenters. The molecule has 0 bridgehead atoms. The molecule has 2 aromatic carbocycles. The summed E-state index contributed by atoms with van der Waals surface area (Å²) in [5.74, 6) is 2.57. The number of hydrogen-bond acceptors (Lipinski definition) is 7. The van der Waals surface area contributed by atoms with E-state index in [4.69, 9.17) is 23.5 Å². The predicted octanol–water partition coefficient (Wildman–Crippen LogP) is 4.04. The van der Waals surface area contributed by atoms with Crippen molar-refractivity contribution in [1.29, 1.82) is 0 Å². The van der Waals surface area contributed by atoms with E-state index in [0.717, 1.165) is 5.56 Å². The lowest BCUT2D eigenvalue weighted by molar-refractivity contribution is 0.0749. The number of benzene rings is 2. The molecule has 0 fully saturated rings. The van der Waals surface area contributed by atoms with E-state index in [1.54, 1.807) is 75.8 Å². The SMILES string of the molecule is CCN(Cc1cc(-c2cc(OC)c(OC)c(OC)c2)on1)C(=O)c1cccc(OC)c1. The molecule has 1 aromatic heterocycles. The van der Waals surface area contributed by atoms with Gasteiger partial charge in [0.1, 0.15) is 11.4 Å². The largest absolute Gasteiger partial charge is 0.497 e. The molecular weight excluding hydrogens is 400 g/mol. The van der Waals surface area contributed by atoms with Gasteiger partial charge in [-0.3, -0.25) is 4.79 Å². The van der Waals surface area contributed by atoms with Gasteiger partial charge in [-0.05, 0) is 37.3 Å². The van der Waals surface area contributed by atoms with Crippen molar-refractivity contribution in [3.8, 4) is 34.3 Å². The second-order valence-electron chi connectivity index (χ2n) is 6.65. The van der Waals surface area contributed by atoms with Crippen molar-refractivity contribution < 1.29 is 28.3 Å². The van der Waals surface area contributed by atoms with Crippen molar-refractivity contribution in [1.82, 2.24) is 10.1 Å². The van der Waals surface area contributed by atoms with E-state index in [1.165, 1.54) is 0 Å². The molecule has 0 saturated carbocycles. The Morgan fingerprint density at radius 3 is 2.26 bits per heavy atom. The molecule has 31 heavy (non-hydrogen) atoms. The Morgan fingerprint density at radius 2 is 1.68 bits per heavy atom. The Hall–Kier alpha value is -3.68. The van der Waals surface area contributed by atoms with Crippen molar-refractivity contribution >= 4 is 5.91 Å². The molecule has 1 amide bonds. The first kappa shape index (κ1) is 22.0. The van der Waals surface area contributed by atoms with E-state index in [9.17, 15) is 4.79 Å². The average Bonchev–Trinajstić information content (AvgIpc) is 3.29. The normalized spacial score (nSPS) is 10.5. The number of aromatic nitrogens is 1. The Morgan fingerprint density at radius 1 is 0.968 bits per heavy atom. The summed E-state index contributed by atoms with van der Waals surface area (Å²) in [7, 11) is 6.22. The van der Waals surface area contributed by atoms with Gasteiger partial charge in [0, 0.05) is 23.7 Å². The zero-order chi connectivity index (χ0) is 22.4. The maximum Gasteiger partial charge on any atom is 0.254 e. The highest BCUT2D eigenvalue weighted by molar-refractivity contribution is 5.94. The fourth-order valence-corrected chi connectivity index (χ4v) is 3.21. The molecule has 3 rings (SSSR count). The third kappa shape index (κ3) is 4.74. The fraction of sp³-hybridized carbons (Fsp3) is 0.304. The minimum atomic E-state index is -0.112. The van der Waals surface area contributed by atoms with Gasteiger partial charge in [-0.25, -0.2) is 0 Å². The maximum absolute atomic E-state index is 12.9. The second kappa shape index (κ2) is 9.88. The van der Waals surface area contributed by atoms with E-state index in [2.05, 4.69) is 5.16 Å². The van der Waals surface area contributed by atoms with Gasteiger partial charge in [0.25, 0.3) is 5.91 Å². The van der Waals surface area contributed by atoms with Gasteiger partial charge in [0.05, 0.1) is 35.0 Å². The van der Waals surface area contributed by atoms with Crippen LogP contribution in [0.25, 0.3) is 11.3 Å². The molecule has 0 aliphatic carbocycles. The summed E-state index contributed by atoms with van der Waals surface area (Å²) in [6.45, 7) is 2.74. The number of carbonyl (C=O) groups is 1. The van der Waals surface area contributed by atoms with E-state index in [0.29, 0.717) is 53.1 Å². The Bertz CT molecular complexity index is 1020. The van der Waals surface area contributed by atoms with E-state index in [-0.39, 0.29) is 5.91 Å². The summed E-state index contributed by atoms with van der Waals surface area (Å²) in [4.78, 5) is 14.6. The van der Waals surface area contributed by atoms with Gasteiger partial charge in [0.15, 0.2) is 17.3 Å². The molecule has 0 radical (unpaired) electrons. The molecule has 0 atom stereocenters. The Kier molecular flexibility index (Phi) is 7.02. The number of amides is 1. The highest BCUT2D eigenvalue weighted by Gasteiger charge is 2.19. The minimum Gasteiger partial charge on any atom is -0.497 e. The minimum absolute atomic E-state index is 0.112. The summed E-state index contributed by atoms with van der Waals surface area (Å²) in [6, 6.07) is 12.4. The first-order valence-corrected chi connectivity index (χ1v) is 9.73. The number of nitrogens with zero attached hydrogens (tertiary/aromatic N) is 2. The van der Waals surface area contributed by atoms with Gasteiger partial charge < -0.3 is 28.4 Å². The van der Waals surface area contributed by atoms with Crippen LogP contribution < -0.4 is 18.9 Å². The van der Waals surface area contributed by atoms with Crippen molar-refractivity contribution in [3.63, 3.8) is 0 Å². The third-order valence-electron chi connectivity index (χ3n) is 4.85. The fourth-order valence-electron chi connectivity index (χ4n) is 3.21. The topological polar surface area (TPSA) is 83.3 Å². The van der Waals surface area contributed by atoms with Gasteiger partial charge in [-0.2, -0.15) is 0 Å². The van der Waals surface area contributed by atoms with Crippen LogP contribution in [0.2, 0.25) is 0 Å². The lowest BCUT2D eigenvalue weighted by Crippen LogP contribution is -2.30. The zero-order valence-electron chi connectivity index (χ0n) is 18.3. The van der Waals surface area contributed by atoms with Crippen LogP contribution >= 0.6 is 0 Å². The number of rotatable bonds is 9. The standard InChI is InChI=1S/C23H26N2O6/c1-6-25(23(26)15-8-7-9-18(10-15)27-2)14-17-13-19(31-24-17)16-11-20(28-3)22(30-5)21(12-16)29-4/h7-13H,6,14H2,1-5H3. The second-order valence-corrected chi connectivity index (χ2v) is 6.65. The van der Waals surface area contributed by atoms with Crippen LogP contribution in [0.3, 0.4) is 0 Å². The molecule has 0 spiro atoms. The van der Waals surface area contributed by atoms with Crippen LogP contribution in [0.4, 0.5) is 0 Å². The van der Waals surface area contributed by atoms with Crippen LogP contribution in [0.15, 0.2) is 47.0 Å². The van der Waals surface area contributed by atoms with Crippen molar-refractivity contribution in [2.24, 2.45) is 0 Å².